The zero-order chi connectivity index (χ0) is 18.9. The maximum Gasteiger partial charge on any atom is 0.241 e. The van der Waals surface area contributed by atoms with Crippen molar-refractivity contribution in [3.63, 3.8) is 0 Å². The zero-order valence-electron chi connectivity index (χ0n) is 15.8. The minimum atomic E-state index is -0.0154. The van der Waals surface area contributed by atoms with Crippen LogP contribution in [0.3, 0.4) is 0 Å². The van der Waals surface area contributed by atoms with E-state index in [0.29, 0.717) is 17.5 Å². The summed E-state index contributed by atoms with van der Waals surface area (Å²) in [7, 11) is 3.46. The first kappa shape index (κ1) is 23.2. The van der Waals surface area contributed by atoms with Crippen molar-refractivity contribution in [1.82, 2.24) is 15.5 Å². The van der Waals surface area contributed by atoms with Gasteiger partial charge < -0.3 is 15.5 Å². The van der Waals surface area contributed by atoms with Gasteiger partial charge in [0, 0.05) is 19.1 Å². The monoisotopic (exact) mass is 500 g/mol. The lowest BCUT2D eigenvalue weighted by Crippen LogP contribution is -2.43. The van der Waals surface area contributed by atoms with Crippen LogP contribution in [0.25, 0.3) is 0 Å². The van der Waals surface area contributed by atoms with Crippen LogP contribution in [0.1, 0.15) is 24.1 Å². The maximum atomic E-state index is 11.9. The number of likely N-dealkylation sites (N-methyl/N-ethyl adjacent to an activating group) is 1. The summed E-state index contributed by atoms with van der Waals surface area (Å²) in [6.45, 7) is 2.75. The van der Waals surface area contributed by atoms with Crippen molar-refractivity contribution >= 4 is 47.4 Å². The molecule has 2 rings (SSSR count). The molecular formula is C20H26ClIN4O. The second-order valence-corrected chi connectivity index (χ2v) is 6.65. The molecule has 2 aromatic rings. The Morgan fingerprint density at radius 1 is 1.11 bits per heavy atom. The highest BCUT2D eigenvalue weighted by atomic mass is 127. The SMILES string of the molecule is CC(NC(=NCc1ccccc1)NCC(=O)N(C)C)c1ccc(Cl)cc1.I. The molecule has 0 saturated carbocycles. The Balaban J connectivity index is 0.00000364. The fraction of sp³-hybridized carbons (Fsp3) is 0.300. The number of nitrogens with one attached hydrogen (secondary N) is 2. The van der Waals surface area contributed by atoms with E-state index in [4.69, 9.17) is 11.6 Å². The third-order valence-corrected chi connectivity index (χ3v) is 4.14. The first-order valence-electron chi connectivity index (χ1n) is 8.50. The summed E-state index contributed by atoms with van der Waals surface area (Å²) in [6.07, 6.45) is 0. The van der Waals surface area contributed by atoms with Crippen molar-refractivity contribution in [2.75, 3.05) is 20.6 Å². The second-order valence-electron chi connectivity index (χ2n) is 6.21. The lowest BCUT2D eigenvalue weighted by Gasteiger charge is -2.19. The summed E-state index contributed by atoms with van der Waals surface area (Å²) in [5, 5.41) is 7.15. The molecule has 0 aromatic heterocycles. The molecule has 146 valence electrons. The number of carbonyl (C=O) groups is 1. The van der Waals surface area contributed by atoms with Gasteiger partial charge in [-0.1, -0.05) is 54.1 Å². The standard InChI is InChI=1S/C20H25ClN4O.HI/c1-15(17-9-11-18(21)12-10-17)24-20(23-14-19(26)25(2)3)22-13-16-7-5-4-6-8-16;/h4-12,15H,13-14H2,1-3H3,(H2,22,23,24);1H. The van der Waals surface area contributed by atoms with Gasteiger partial charge in [-0.05, 0) is 30.2 Å². The van der Waals surface area contributed by atoms with Crippen LogP contribution in [0.4, 0.5) is 0 Å². The predicted molar refractivity (Wildman–Crippen MR) is 123 cm³/mol. The largest absolute Gasteiger partial charge is 0.350 e. The van der Waals surface area contributed by atoms with Crippen LogP contribution in [0, 0.1) is 0 Å². The molecule has 0 spiro atoms. The van der Waals surface area contributed by atoms with Crippen LogP contribution in [0.5, 0.6) is 0 Å². The Bertz CT molecular complexity index is 735. The van der Waals surface area contributed by atoms with Crippen LogP contribution < -0.4 is 10.6 Å². The van der Waals surface area contributed by atoms with Crippen molar-refractivity contribution in [2.45, 2.75) is 19.5 Å². The van der Waals surface area contributed by atoms with E-state index in [-0.39, 0.29) is 42.5 Å². The number of guanidine groups is 1. The van der Waals surface area contributed by atoms with Crippen molar-refractivity contribution in [1.29, 1.82) is 0 Å². The number of nitrogens with zero attached hydrogens (tertiary/aromatic N) is 2. The highest BCUT2D eigenvalue weighted by Gasteiger charge is 2.10. The van der Waals surface area contributed by atoms with E-state index in [1.807, 2.05) is 61.5 Å². The third kappa shape index (κ3) is 8.17. The van der Waals surface area contributed by atoms with E-state index >= 15 is 0 Å². The molecule has 1 unspecified atom stereocenters. The lowest BCUT2D eigenvalue weighted by atomic mass is 10.1. The first-order valence-corrected chi connectivity index (χ1v) is 8.88. The summed E-state index contributed by atoms with van der Waals surface area (Å²) >= 11 is 5.96. The highest BCUT2D eigenvalue weighted by Crippen LogP contribution is 2.16. The Labute approximate surface area is 183 Å². The van der Waals surface area contributed by atoms with Gasteiger partial charge in [-0.2, -0.15) is 0 Å². The van der Waals surface area contributed by atoms with Gasteiger partial charge in [0.2, 0.25) is 5.91 Å². The van der Waals surface area contributed by atoms with E-state index in [0.717, 1.165) is 11.1 Å². The van der Waals surface area contributed by atoms with E-state index in [2.05, 4.69) is 15.6 Å². The topological polar surface area (TPSA) is 56.7 Å². The van der Waals surface area contributed by atoms with E-state index in [1.165, 1.54) is 0 Å². The van der Waals surface area contributed by atoms with Gasteiger partial charge in [0.25, 0.3) is 0 Å². The molecular weight excluding hydrogens is 475 g/mol. The second kappa shape index (κ2) is 11.8. The van der Waals surface area contributed by atoms with Crippen molar-refractivity contribution in [2.24, 2.45) is 4.99 Å². The number of aliphatic imine (C=N–C) groups is 1. The smallest absolute Gasteiger partial charge is 0.241 e. The summed E-state index contributed by atoms with van der Waals surface area (Å²) in [5.74, 6) is 0.574. The number of benzene rings is 2. The van der Waals surface area contributed by atoms with Crippen LogP contribution in [-0.2, 0) is 11.3 Å². The fourth-order valence-electron chi connectivity index (χ4n) is 2.26. The fourth-order valence-corrected chi connectivity index (χ4v) is 2.39. The average molecular weight is 501 g/mol. The maximum absolute atomic E-state index is 11.9. The number of carbonyl (C=O) groups excluding carboxylic acids is 1. The Kier molecular flexibility index (Phi) is 10.2. The minimum Gasteiger partial charge on any atom is -0.350 e. The molecule has 5 nitrogen and oxygen atoms in total. The van der Waals surface area contributed by atoms with E-state index < -0.39 is 0 Å². The molecule has 0 aliphatic rings. The zero-order valence-corrected chi connectivity index (χ0v) is 18.9. The molecule has 1 amide bonds. The van der Waals surface area contributed by atoms with Crippen LogP contribution >= 0.6 is 35.6 Å². The van der Waals surface area contributed by atoms with Gasteiger partial charge in [0.15, 0.2) is 5.96 Å². The summed E-state index contributed by atoms with van der Waals surface area (Å²) in [4.78, 5) is 18.0. The molecule has 0 heterocycles. The molecule has 0 saturated heterocycles. The predicted octanol–water partition coefficient (Wildman–Crippen LogP) is 3.84. The van der Waals surface area contributed by atoms with Crippen LogP contribution in [-0.4, -0.2) is 37.4 Å². The molecule has 0 fully saturated rings. The Hall–Kier alpha value is -1.80. The summed E-state index contributed by atoms with van der Waals surface area (Å²) < 4.78 is 0. The molecule has 0 aliphatic heterocycles. The number of hydrogen-bond acceptors (Lipinski definition) is 2. The molecule has 2 aromatic carbocycles. The normalized spacial score (nSPS) is 11.9. The quantitative estimate of drug-likeness (QED) is 0.360. The Morgan fingerprint density at radius 2 is 1.74 bits per heavy atom. The van der Waals surface area contributed by atoms with Gasteiger partial charge in [-0.3, -0.25) is 4.79 Å². The number of amides is 1. The molecule has 0 bridgehead atoms. The van der Waals surface area contributed by atoms with Gasteiger partial charge in [-0.15, -0.1) is 24.0 Å². The third-order valence-electron chi connectivity index (χ3n) is 3.89. The van der Waals surface area contributed by atoms with Crippen molar-refractivity contribution in [3.05, 3.63) is 70.7 Å². The summed E-state index contributed by atoms with van der Waals surface area (Å²) in [6, 6.07) is 17.7. The van der Waals surface area contributed by atoms with Gasteiger partial charge in [0.05, 0.1) is 19.1 Å². The lowest BCUT2D eigenvalue weighted by molar-refractivity contribution is -0.127. The first-order chi connectivity index (χ1) is 12.5. The number of hydrogen-bond donors (Lipinski definition) is 2. The van der Waals surface area contributed by atoms with Crippen LogP contribution in [0.15, 0.2) is 59.6 Å². The Morgan fingerprint density at radius 3 is 2.33 bits per heavy atom. The molecule has 0 radical (unpaired) electrons. The van der Waals surface area contributed by atoms with E-state index in [9.17, 15) is 4.79 Å². The van der Waals surface area contributed by atoms with E-state index in [1.54, 1.807) is 19.0 Å². The van der Waals surface area contributed by atoms with Crippen LogP contribution in [0.2, 0.25) is 5.02 Å². The molecule has 0 aliphatic carbocycles. The average Bonchev–Trinajstić information content (AvgIpc) is 2.64. The van der Waals surface area contributed by atoms with Crippen molar-refractivity contribution in [3.8, 4) is 0 Å². The molecule has 27 heavy (non-hydrogen) atoms. The summed E-state index contributed by atoms with van der Waals surface area (Å²) in [5.41, 5.74) is 2.19. The van der Waals surface area contributed by atoms with Gasteiger partial charge >= 0.3 is 0 Å². The minimum absolute atomic E-state index is 0. The number of rotatable bonds is 6. The molecule has 2 N–H and O–H groups in total. The molecule has 7 heteroatoms. The van der Waals surface area contributed by atoms with Gasteiger partial charge in [0.1, 0.15) is 0 Å². The van der Waals surface area contributed by atoms with Gasteiger partial charge in [-0.25, -0.2) is 4.99 Å². The number of halogens is 2. The molecule has 1 atom stereocenters. The van der Waals surface area contributed by atoms with Crippen molar-refractivity contribution < 1.29 is 4.79 Å². The highest BCUT2D eigenvalue weighted by molar-refractivity contribution is 14.0.